The Labute approximate surface area is 167 Å². The molecule has 4 saturated carbocycles. The van der Waals surface area contributed by atoms with Crippen molar-refractivity contribution >= 4 is 5.91 Å². The molecular formula is C24H33FN2O. The van der Waals surface area contributed by atoms with Crippen LogP contribution in [-0.2, 0) is 10.2 Å². The third kappa shape index (κ3) is 2.52. The van der Waals surface area contributed by atoms with Gasteiger partial charge in [-0.1, -0.05) is 43.7 Å². The lowest BCUT2D eigenvalue weighted by Crippen LogP contribution is -2.56. The molecule has 1 amide bonds. The van der Waals surface area contributed by atoms with Crippen LogP contribution in [0.15, 0.2) is 30.3 Å². The van der Waals surface area contributed by atoms with E-state index >= 15 is 0 Å². The third-order valence-corrected chi connectivity index (χ3v) is 8.60. The highest BCUT2D eigenvalue weighted by atomic mass is 19.1. The fourth-order valence-electron chi connectivity index (χ4n) is 7.89. The van der Waals surface area contributed by atoms with Crippen molar-refractivity contribution in [3.05, 3.63) is 35.9 Å². The van der Waals surface area contributed by atoms with Crippen LogP contribution in [0, 0.1) is 16.7 Å². The van der Waals surface area contributed by atoms with Crippen molar-refractivity contribution in [1.82, 2.24) is 10.6 Å². The minimum Gasteiger partial charge on any atom is -0.350 e. The Hall–Kier alpha value is -1.42. The van der Waals surface area contributed by atoms with Crippen molar-refractivity contribution in [3.63, 3.8) is 0 Å². The molecule has 1 saturated heterocycles. The largest absolute Gasteiger partial charge is 0.350 e. The first-order chi connectivity index (χ1) is 13.5. The van der Waals surface area contributed by atoms with E-state index in [1.165, 1.54) is 18.4 Å². The second kappa shape index (κ2) is 6.55. The van der Waals surface area contributed by atoms with Crippen LogP contribution in [0.3, 0.4) is 0 Å². The molecule has 2 N–H and O–H groups in total. The molecule has 28 heavy (non-hydrogen) atoms. The highest BCUT2D eigenvalue weighted by Gasteiger charge is 2.74. The summed E-state index contributed by atoms with van der Waals surface area (Å²) in [5.41, 5.74) is 1.35. The molecule has 152 valence electrons. The number of piperidine rings is 1. The van der Waals surface area contributed by atoms with Crippen molar-refractivity contribution in [2.24, 2.45) is 16.7 Å². The van der Waals surface area contributed by atoms with Crippen LogP contribution in [0.4, 0.5) is 4.39 Å². The molecule has 0 radical (unpaired) electrons. The number of hydrogen-bond acceptors (Lipinski definition) is 2. The van der Waals surface area contributed by atoms with Crippen LogP contribution in [-0.4, -0.2) is 31.2 Å². The van der Waals surface area contributed by atoms with Crippen molar-refractivity contribution in [1.29, 1.82) is 0 Å². The summed E-state index contributed by atoms with van der Waals surface area (Å²) in [5, 5.41) is 6.31. The number of alkyl halides is 1. The molecule has 1 aromatic rings. The summed E-state index contributed by atoms with van der Waals surface area (Å²) in [4.78, 5) is 13.8. The van der Waals surface area contributed by atoms with Gasteiger partial charge in [0, 0.05) is 6.54 Å². The monoisotopic (exact) mass is 384 g/mol. The molecule has 4 heteroatoms. The summed E-state index contributed by atoms with van der Waals surface area (Å²) in [5.74, 6) is 0.796. The summed E-state index contributed by atoms with van der Waals surface area (Å²) in [6.07, 6.45) is 7.45. The van der Waals surface area contributed by atoms with Crippen molar-refractivity contribution < 1.29 is 9.18 Å². The van der Waals surface area contributed by atoms with Crippen LogP contribution < -0.4 is 10.6 Å². The van der Waals surface area contributed by atoms with Crippen molar-refractivity contribution in [2.45, 2.75) is 75.9 Å². The van der Waals surface area contributed by atoms with Crippen LogP contribution in [0.5, 0.6) is 0 Å². The molecule has 5 aliphatic rings. The van der Waals surface area contributed by atoms with Gasteiger partial charge in [-0.05, 0) is 73.8 Å². The van der Waals surface area contributed by atoms with Gasteiger partial charge in [0.15, 0.2) is 0 Å². The number of nitrogens with one attached hydrogen (secondary N) is 2. The topological polar surface area (TPSA) is 41.1 Å². The molecule has 4 aliphatic carbocycles. The maximum Gasteiger partial charge on any atom is 0.227 e. The van der Waals surface area contributed by atoms with Crippen LogP contribution in [0.25, 0.3) is 0 Å². The lowest BCUT2D eigenvalue weighted by atomic mass is 9.63. The first-order valence-corrected chi connectivity index (χ1v) is 11.2. The van der Waals surface area contributed by atoms with Crippen molar-refractivity contribution in [2.75, 3.05) is 13.1 Å². The van der Waals surface area contributed by atoms with E-state index in [1.807, 2.05) is 0 Å². The fraction of sp³-hybridized carbons (Fsp3) is 0.708. The van der Waals surface area contributed by atoms with Gasteiger partial charge in [-0.15, -0.1) is 0 Å². The van der Waals surface area contributed by atoms with E-state index in [0.29, 0.717) is 18.9 Å². The van der Waals surface area contributed by atoms with Gasteiger partial charge in [0.1, 0.15) is 6.17 Å². The number of carbonyl (C=O) groups is 1. The first kappa shape index (κ1) is 18.6. The highest BCUT2D eigenvalue weighted by molar-refractivity contribution is 5.86. The average Bonchev–Trinajstić information content (AvgIpc) is 3.03. The summed E-state index contributed by atoms with van der Waals surface area (Å²) >= 11 is 0. The Morgan fingerprint density at radius 3 is 2.79 bits per heavy atom. The minimum absolute atomic E-state index is 0.101. The van der Waals surface area contributed by atoms with Crippen molar-refractivity contribution in [3.8, 4) is 0 Å². The van der Waals surface area contributed by atoms with Crippen LogP contribution in [0.1, 0.15) is 63.9 Å². The van der Waals surface area contributed by atoms with E-state index in [2.05, 4.69) is 47.9 Å². The normalized spacial score (nSPS) is 44.0. The lowest BCUT2D eigenvalue weighted by molar-refractivity contribution is -0.138. The van der Waals surface area contributed by atoms with Gasteiger partial charge in [-0.3, -0.25) is 4.79 Å². The number of rotatable bonds is 5. The van der Waals surface area contributed by atoms with E-state index in [9.17, 15) is 9.18 Å². The van der Waals surface area contributed by atoms with E-state index in [0.717, 1.165) is 38.6 Å². The molecule has 6 atom stereocenters. The molecule has 1 aromatic carbocycles. The molecular weight excluding hydrogens is 351 g/mol. The van der Waals surface area contributed by atoms with Gasteiger partial charge in [-0.2, -0.15) is 0 Å². The maximum absolute atomic E-state index is 14.4. The number of benzene rings is 1. The molecule has 4 bridgehead atoms. The molecule has 1 heterocycles. The van der Waals surface area contributed by atoms with E-state index in [1.54, 1.807) is 0 Å². The summed E-state index contributed by atoms with van der Waals surface area (Å²) in [6, 6.07) is 10.6. The predicted octanol–water partition coefficient (Wildman–Crippen LogP) is 4.12. The number of amides is 1. The summed E-state index contributed by atoms with van der Waals surface area (Å²) in [7, 11) is 0. The maximum atomic E-state index is 14.4. The highest BCUT2D eigenvalue weighted by Crippen LogP contribution is 2.77. The van der Waals surface area contributed by atoms with Gasteiger partial charge >= 0.3 is 0 Å². The second-order valence-corrected chi connectivity index (χ2v) is 10.2. The molecule has 2 unspecified atom stereocenters. The van der Waals surface area contributed by atoms with Gasteiger partial charge in [0.05, 0.1) is 11.5 Å². The van der Waals surface area contributed by atoms with Gasteiger partial charge < -0.3 is 10.6 Å². The zero-order valence-electron chi connectivity index (χ0n) is 17.0. The Balaban J connectivity index is 1.49. The summed E-state index contributed by atoms with van der Waals surface area (Å²) < 4.78 is 14.4. The Kier molecular flexibility index (Phi) is 4.35. The van der Waals surface area contributed by atoms with Gasteiger partial charge in [0.2, 0.25) is 5.91 Å². The lowest BCUT2D eigenvalue weighted by Gasteiger charge is -2.41. The third-order valence-electron chi connectivity index (χ3n) is 8.60. The molecule has 1 aliphatic heterocycles. The zero-order valence-corrected chi connectivity index (χ0v) is 17.0. The Bertz CT molecular complexity index is 754. The standard InChI is InChI=1S/C24H33FN2O/c1-2-9-23-12-17-11-22(15-23,18-6-4-3-5-7-18)16-24(23,13-17)21(28)27-20-8-10-26-14-19(20)25/h3-7,17,19-20,26H,2,8-16H2,1H3,(H,27,28)/t17?,19-,20-,22-,23-,24?/m1/s1. The second-order valence-electron chi connectivity index (χ2n) is 10.2. The fourth-order valence-corrected chi connectivity index (χ4v) is 7.89. The van der Waals surface area contributed by atoms with E-state index in [4.69, 9.17) is 0 Å². The van der Waals surface area contributed by atoms with Crippen LogP contribution in [0.2, 0.25) is 0 Å². The molecule has 5 fully saturated rings. The van der Waals surface area contributed by atoms with Crippen LogP contribution >= 0.6 is 0 Å². The number of halogens is 1. The van der Waals surface area contributed by atoms with Gasteiger partial charge in [-0.25, -0.2) is 4.39 Å². The molecule has 3 nitrogen and oxygen atoms in total. The quantitative estimate of drug-likeness (QED) is 0.802. The minimum atomic E-state index is -0.977. The van der Waals surface area contributed by atoms with Gasteiger partial charge in [0.25, 0.3) is 0 Å². The zero-order chi connectivity index (χ0) is 19.4. The smallest absolute Gasteiger partial charge is 0.227 e. The van der Waals surface area contributed by atoms with E-state index < -0.39 is 6.17 Å². The average molecular weight is 385 g/mol. The molecule has 0 spiro atoms. The SMILES string of the molecule is CCC[C@]12CC3CC1(C(=O)N[C@@H]1CCNC[C@H]1F)C[C@@](c1ccccc1)(C3)C2. The number of hydrogen-bond donors (Lipinski definition) is 2. The summed E-state index contributed by atoms with van der Waals surface area (Å²) in [6.45, 7) is 3.39. The van der Waals surface area contributed by atoms with E-state index in [-0.39, 0.29) is 28.2 Å². The first-order valence-electron chi connectivity index (χ1n) is 11.2. The number of carbonyl (C=O) groups excluding carboxylic acids is 1. The molecule has 0 aromatic heterocycles. The Morgan fingerprint density at radius 1 is 1.21 bits per heavy atom. The molecule has 6 rings (SSSR count). The Morgan fingerprint density at radius 2 is 2.04 bits per heavy atom. The predicted molar refractivity (Wildman–Crippen MR) is 109 cm³/mol.